The minimum Gasteiger partial charge on any atom is -0.480 e. The number of thioether (sulfide) groups is 1. The van der Waals surface area contributed by atoms with E-state index < -0.39 is 48.2 Å². The average molecular weight is 410 g/mol. The molecule has 1 aliphatic rings. The molecule has 1 saturated heterocycles. The highest BCUT2D eigenvalue weighted by atomic mass is 32.2. The molecule has 6 N–H and O–H groups in total. The van der Waals surface area contributed by atoms with Crippen LogP contribution < -0.4 is 16.4 Å². The highest BCUT2D eigenvalue weighted by Crippen LogP contribution is 2.20. The molecule has 0 radical (unpaired) electrons. The number of ether oxygens (including phenoxy) is 1. The molecule has 11 heteroatoms. The summed E-state index contributed by atoms with van der Waals surface area (Å²) in [7, 11) is 0. The van der Waals surface area contributed by atoms with Crippen LogP contribution in [0.2, 0.25) is 0 Å². The van der Waals surface area contributed by atoms with Crippen LogP contribution in [0.25, 0.3) is 0 Å². The third-order valence-corrected chi connectivity index (χ3v) is 5.06. The quantitative estimate of drug-likeness (QED) is 0.241. The topological polar surface area (TPSA) is 151 Å². The summed E-state index contributed by atoms with van der Waals surface area (Å²) in [6.07, 6.45) is 0.240. The summed E-state index contributed by atoms with van der Waals surface area (Å²) >= 11 is 5.43. The molecule has 1 heterocycles. The Morgan fingerprint density at radius 2 is 2.08 bits per heavy atom. The second-order valence-electron chi connectivity index (χ2n) is 6.02. The molecule has 5 atom stereocenters. The van der Waals surface area contributed by atoms with Gasteiger partial charge in [0.2, 0.25) is 11.8 Å². The van der Waals surface area contributed by atoms with Gasteiger partial charge in [-0.15, -0.1) is 0 Å². The van der Waals surface area contributed by atoms with Crippen LogP contribution >= 0.6 is 24.4 Å². The number of aliphatic hydroxyl groups is 1. The number of hydrogen-bond acceptors (Lipinski definition) is 8. The van der Waals surface area contributed by atoms with E-state index in [1.807, 2.05) is 6.26 Å². The predicted octanol–water partition coefficient (Wildman–Crippen LogP) is -1.41. The summed E-state index contributed by atoms with van der Waals surface area (Å²) in [5.41, 5.74) is 5.55. The van der Waals surface area contributed by atoms with E-state index in [4.69, 9.17) is 10.5 Å². The molecular formula is C15H27N3O6S2. The normalized spacial score (nSPS) is 25.2. The number of carboxylic acids is 1. The van der Waals surface area contributed by atoms with Gasteiger partial charge >= 0.3 is 5.97 Å². The lowest BCUT2D eigenvalue weighted by Crippen LogP contribution is -2.54. The van der Waals surface area contributed by atoms with Gasteiger partial charge < -0.3 is 31.3 Å². The van der Waals surface area contributed by atoms with Gasteiger partial charge in [0.1, 0.15) is 18.2 Å². The number of thiol groups is 1. The summed E-state index contributed by atoms with van der Waals surface area (Å²) in [6, 6.07) is -1.76. The maximum absolute atomic E-state index is 12.3. The van der Waals surface area contributed by atoms with Crippen molar-refractivity contribution in [1.82, 2.24) is 10.6 Å². The van der Waals surface area contributed by atoms with Crippen molar-refractivity contribution in [2.75, 3.05) is 24.3 Å². The molecule has 2 amide bonds. The Balaban J connectivity index is 2.58. The molecule has 0 unspecified atom stereocenters. The van der Waals surface area contributed by atoms with E-state index in [-0.39, 0.29) is 18.7 Å². The maximum Gasteiger partial charge on any atom is 0.326 e. The first-order valence-corrected chi connectivity index (χ1v) is 10.3. The van der Waals surface area contributed by atoms with Gasteiger partial charge in [-0.1, -0.05) is 0 Å². The summed E-state index contributed by atoms with van der Waals surface area (Å²) in [5, 5.41) is 24.2. The van der Waals surface area contributed by atoms with E-state index in [2.05, 4.69) is 23.3 Å². The molecule has 9 nitrogen and oxygen atoms in total. The molecule has 0 aromatic rings. The van der Waals surface area contributed by atoms with Crippen LogP contribution in [0.5, 0.6) is 0 Å². The number of carbonyl (C=O) groups excluding carboxylic acids is 2. The van der Waals surface area contributed by atoms with Crippen LogP contribution in [-0.2, 0) is 19.1 Å². The number of carboxylic acid groups (broad SMARTS) is 1. The molecule has 26 heavy (non-hydrogen) atoms. The monoisotopic (exact) mass is 409 g/mol. The first-order valence-electron chi connectivity index (χ1n) is 8.29. The zero-order valence-corrected chi connectivity index (χ0v) is 16.3. The van der Waals surface area contributed by atoms with Crippen LogP contribution in [0.15, 0.2) is 0 Å². The molecule has 0 spiro atoms. The fourth-order valence-corrected chi connectivity index (χ4v) is 3.06. The second kappa shape index (κ2) is 11.7. The number of amides is 2. The zero-order valence-electron chi connectivity index (χ0n) is 14.6. The molecular weight excluding hydrogens is 382 g/mol. The Morgan fingerprint density at radius 3 is 2.65 bits per heavy atom. The van der Waals surface area contributed by atoms with Crippen molar-refractivity contribution in [3.05, 3.63) is 0 Å². The molecule has 0 saturated carbocycles. The Labute approximate surface area is 162 Å². The van der Waals surface area contributed by atoms with Crippen molar-refractivity contribution in [3.63, 3.8) is 0 Å². The van der Waals surface area contributed by atoms with Gasteiger partial charge in [-0.2, -0.15) is 24.4 Å². The third kappa shape index (κ3) is 7.31. The van der Waals surface area contributed by atoms with Gasteiger partial charge in [-0.3, -0.25) is 9.59 Å². The molecule has 0 aliphatic carbocycles. The summed E-state index contributed by atoms with van der Waals surface area (Å²) < 4.78 is 5.57. The van der Waals surface area contributed by atoms with Crippen molar-refractivity contribution >= 4 is 42.2 Å². The largest absolute Gasteiger partial charge is 0.480 e. The smallest absolute Gasteiger partial charge is 0.326 e. The molecule has 0 aromatic carbocycles. The lowest BCUT2D eigenvalue weighted by Gasteiger charge is -2.34. The van der Waals surface area contributed by atoms with E-state index in [9.17, 15) is 24.6 Å². The summed E-state index contributed by atoms with van der Waals surface area (Å²) in [4.78, 5) is 35.2. The molecule has 1 aliphatic heterocycles. The van der Waals surface area contributed by atoms with Crippen molar-refractivity contribution in [2.45, 2.75) is 49.7 Å². The van der Waals surface area contributed by atoms with E-state index >= 15 is 0 Å². The maximum atomic E-state index is 12.3. The molecule has 1 fully saturated rings. The number of aliphatic carboxylic acids is 1. The Kier molecular flexibility index (Phi) is 10.3. The zero-order chi connectivity index (χ0) is 19.7. The Bertz CT molecular complexity index is 496. The van der Waals surface area contributed by atoms with Crippen molar-refractivity contribution in [2.24, 2.45) is 5.73 Å². The number of nitrogens with one attached hydrogen (secondary N) is 2. The fourth-order valence-electron chi connectivity index (χ4n) is 2.43. The van der Waals surface area contributed by atoms with E-state index in [0.717, 1.165) is 0 Å². The number of rotatable bonds is 10. The highest BCUT2D eigenvalue weighted by Gasteiger charge is 2.35. The van der Waals surface area contributed by atoms with Crippen LogP contribution in [0.3, 0.4) is 0 Å². The van der Waals surface area contributed by atoms with Gasteiger partial charge in [0.15, 0.2) is 0 Å². The van der Waals surface area contributed by atoms with Crippen LogP contribution in [0, 0.1) is 0 Å². The number of carbonyl (C=O) groups is 3. The van der Waals surface area contributed by atoms with Gasteiger partial charge in [-0.25, -0.2) is 4.79 Å². The van der Waals surface area contributed by atoms with Gasteiger partial charge in [-0.05, 0) is 31.3 Å². The lowest BCUT2D eigenvalue weighted by atomic mass is 10.00. The predicted molar refractivity (Wildman–Crippen MR) is 101 cm³/mol. The van der Waals surface area contributed by atoms with Gasteiger partial charge in [0.05, 0.1) is 12.1 Å². The SMILES string of the molecule is CSCC[C@H](NC(=O)[C@H]1CC[C@H](O)[C@@H](CNC(=O)[C@@H](N)CS)O1)C(=O)O. The van der Waals surface area contributed by atoms with E-state index in [1.54, 1.807) is 0 Å². The minimum absolute atomic E-state index is 0.0000909. The summed E-state index contributed by atoms with van der Waals surface area (Å²) in [5.74, 6) is -1.29. The molecule has 0 bridgehead atoms. The number of nitrogens with two attached hydrogens (primary N) is 1. The summed E-state index contributed by atoms with van der Waals surface area (Å²) in [6.45, 7) is 0.0000909. The fraction of sp³-hybridized carbons (Fsp3) is 0.800. The molecule has 150 valence electrons. The van der Waals surface area contributed by atoms with Crippen LogP contribution in [0.1, 0.15) is 19.3 Å². The van der Waals surface area contributed by atoms with Crippen molar-refractivity contribution in [3.8, 4) is 0 Å². The van der Waals surface area contributed by atoms with Crippen molar-refractivity contribution < 1.29 is 29.3 Å². The van der Waals surface area contributed by atoms with E-state index in [0.29, 0.717) is 18.6 Å². The first kappa shape index (κ1) is 23.0. The number of hydrogen-bond donors (Lipinski definition) is 6. The third-order valence-electron chi connectivity index (χ3n) is 4.02. The Morgan fingerprint density at radius 1 is 1.38 bits per heavy atom. The first-order chi connectivity index (χ1) is 12.3. The minimum atomic E-state index is -1.10. The standard InChI is InChI=1S/C15H27N3O6S2/c1-26-5-4-9(15(22)23)18-14(21)11-3-2-10(19)12(24-11)6-17-13(20)8(16)7-25/h8-12,19,25H,2-7,16H2,1H3,(H,17,20)(H,18,21)(H,22,23)/t8-,9-,10-,11+,12+/m0/s1. The van der Waals surface area contributed by atoms with Crippen LogP contribution in [0.4, 0.5) is 0 Å². The molecule has 1 rings (SSSR count). The second-order valence-corrected chi connectivity index (χ2v) is 7.37. The Hall–Kier alpha value is -1.01. The molecule has 0 aromatic heterocycles. The van der Waals surface area contributed by atoms with Crippen LogP contribution in [-0.4, -0.2) is 82.7 Å². The van der Waals surface area contributed by atoms with E-state index in [1.165, 1.54) is 11.8 Å². The van der Waals surface area contributed by atoms with Gasteiger partial charge in [0, 0.05) is 12.3 Å². The lowest BCUT2D eigenvalue weighted by molar-refractivity contribution is -0.157. The van der Waals surface area contributed by atoms with Crippen molar-refractivity contribution in [1.29, 1.82) is 0 Å². The van der Waals surface area contributed by atoms with Gasteiger partial charge in [0.25, 0.3) is 0 Å². The average Bonchev–Trinajstić information content (AvgIpc) is 2.62. The number of aliphatic hydroxyl groups excluding tert-OH is 1. The highest BCUT2D eigenvalue weighted by molar-refractivity contribution is 7.98.